The molecule has 0 aliphatic heterocycles. The SMILES string of the molecule is CC(C)(C)OC(=O)NCC#Cc1ccccc1C1(C(=O)O)CC1. The van der Waals surface area contributed by atoms with E-state index in [0.29, 0.717) is 18.4 Å². The Morgan fingerprint density at radius 2 is 1.96 bits per heavy atom. The van der Waals surface area contributed by atoms with E-state index in [9.17, 15) is 14.7 Å². The highest BCUT2D eigenvalue weighted by molar-refractivity contribution is 5.86. The zero-order valence-corrected chi connectivity index (χ0v) is 13.6. The highest BCUT2D eigenvalue weighted by Crippen LogP contribution is 2.49. The lowest BCUT2D eigenvalue weighted by atomic mass is 9.91. The van der Waals surface area contributed by atoms with Gasteiger partial charge in [-0.25, -0.2) is 4.79 Å². The van der Waals surface area contributed by atoms with Crippen molar-refractivity contribution in [2.45, 2.75) is 44.6 Å². The summed E-state index contributed by atoms with van der Waals surface area (Å²) >= 11 is 0. The van der Waals surface area contributed by atoms with Gasteiger partial charge >= 0.3 is 12.1 Å². The Bertz CT molecular complexity index is 672. The van der Waals surface area contributed by atoms with E-state index in [0.717, 1.165) is 5.56 Å². The summed E-state index contributed by atoms with van der Waals surface area (Å²) in [7, 11) is 0. The molecule has 1 saturated carbocycles. The topological polar surface area (TPSA) is 75.6 Å². The molecule has 1 aliphatic rings. The molecule has 0 saturated heterocycles. The second-order valence-corrected chi connectivity index (χ2v) is 6.59. The van der Waals surface area contributed by atoms with Crippen molar-refractivity contribution in [3.63, 3.8) is 0 Å². The Morgan fingerprint density at radius 1 is 1.30 bits per heavy atom. The fourth-order valence-corrected chi connectivity index (χ4v) is 2.30. The molecule has 2 N–H and O–H groups in total. The van der Waals surface area contributed by atoms with Crippen LogP contribution in [-0.2, 0) is 14.9 Å². The quantitative estimate of drug-likeness (QED) is 0.841. The Balaban J connectivity index is 2.03. The maximum absolute atomic E-state index is 11.5. The number of carbonyl (C=O) groups is 2. The summed E-state index contributed by atoms with van der Waals surface area (Å²) in [4.78, 5) is 23.0. The summed E-state index contributed by atoms with van der Waals surface area (Å²) in [5.74, 6) is 4.98. The summed E-state index contributed by atoms with van der Waals surface area (Å²) < 4.78 is 5.11. The number of amides is 1. The lowest BCUT2D eigenvalue weighted by Crippen LogP contribution is -2.32. The van der Waals surface area contributed by atoms with Crippen LogP contribution in [0.25, 0.3) is 0 Å². The first kappa shape index (κ1) is 16.9. The standard InChI is InChI=1S/C18H21NO4/c1-17(2,3)23-16(22)19-12-6-8-13-7-4-5-9-14(13)18(10-11-18)15(20)21/h4-5,7,9H,10-12H2,1-3H3,(H,19,22)(H,20,21). The molecule has 0 unspecified atom stereocenters. The van der Waals surface area contributed by atoms with Crippen LogP contribution < -0.4 is 5.32 Å². The first-order chi connectivity index (χ1) is 10.7. The van der Waals surface area contributed by atoms with Gasteiger partial charge in [-0.3, -0.25) is 4.79 Å². The van der Waals surface area contributed by atoms with Crippen LogP contribution in [0.1, 0.15) is 44.7 Å². The van der Waals surface area contributed by atoms with Crippen molar-refractivity contribution in [1.29, 1.82) is 0 Å². The number of carboxylic acids is 1. The van der Waals surface area contributed by atoms with Gasteiger partial charge in [-0.2, -0.15) is 0 Å². The van der Waals surface area contributed by atoms with Crippen LogP contribution in [0.15, 0.2) is 24.3 Å². The molecule has 0 bridgehead atoms. The Kier molecular flexibility index (Phi) is 4.65. The van der Waals surface area contributed by atoms with Crippen molar-refractivity contribution in [3.8, 4) is 11.8 Å². The van der Waals surface area contributed by atoms with Crippen molar-refractivity contribution in [2.24, 2.45) is 0 Å². The molecule has 23 heavy (non-hydrogen) atoms. The first-order valence-electron chi connectivity index (χ1n) is 7.53. The molecule has 0 heterocycles. The molecule has 1 amide bonds. The minimum absolute atomic E-state index is 0.142. The molecule has 1 aromatic rings. The van der Waals surface area contributed by atoms with E-state index in [-0.39, 0.29) is 6.54 Å². The van der Waals surface area contributed by atoms with Gasteiger partial charge in [0.1, 0.15) is 5.60 Å². The van der Waals surface area contributed by atoms with Gasteiger partial charge in [0.25, 0.3) is 0 Å². The molecule has 0 aromatic heterocycles. The van der Waals surface area contributed by atoms with Gasteiger partial charge in [0.05, 0.1) is 12.0 Å². The largest absolute Gasteiger partial charge is 0.481 e. The predicted molar refractivity (Wildman–Crippen MR) is 86.1 cm³/mol. The zero-order chi connectivity index (χ0) is 17.1. The Hall–Kier alpha value is -2.48. The van der Waals surface area contributed by atoms with Crippen molar-refractivity contribution in [1.82, 2.24) is 5.32 Å². The van der Waals surface area contributed by atoms with Gasteiger partial charge in [-0.15, -0.1) is 0 Å². The Morgan fingerprint density at radius 3 is 2.52 bits per heavy atom. The molecule has 122 valence electrons. The number of hydrogen-bond donors (Lipinski definition) is 2. The average molecular weight is 315 g/mol. The summed E-state index contributed by atoms with van der Waals surface area (Å²) in [6.07, 6.45) is 0.748. The minimum Gasteiger partial charge on any atom is -0.481 e. The molecule has 5 heteroatoms. The van der Waals surface area contributed by atoms with Gasteiger partial charge in [-0.1, -0.05) is 30.0 Å². The van der Waals surface area contributed by atoms with E-state index in [1.165, 1.54) is 0 Å². The molecular formula is C18H21NO4. The monoisotopic (exact) mass is 315 g/mol. The number of carboxylic acid groups (broad SMARTS) is 1. The predicted octanol–water partition coefficient (Wildman–Crippen LogP) is 2.68. The van der Waals surface area contributed by atoms with E-state index in [2.05, 4.69) is 17.2 Å². The van der Waals surface area contributed by atoms with Crippen LogP contribution in [0, 0.1) is 11.8 Å². The van der Waals surface area contributed by atoms with Gasteiger partial charge in [0, 0.05) is 5.56 Å². The lowest BCUT2D eigenvalue weighted by molar-refractivity contribution is -0.140. The van der Waals surface area contributed by atoms with Gasteiger partial charge in [0.15, 0.2) is 0 Å². The van der Waals surface area contributed by atoms with Crippen LogP contribution in [0.2, 0.25) is 0 Å². The molecule has 5 nitrogen and oxygen atoms in total. The molecule has 0 radical (unpaired) electrons. The second-order valence-electron chi connectivity index (χ2n) is 6.59. The third kappa shape index (κ3) is 4.26. The van der Waals surface area contributed by atoms with Crippen LogP contribution in [-0.4, -0.2) is 29.3 Å². The van der Waals surface area contributed by atoms with Crippen molar-refractivity contribution < 1.29 is 19.4 Å². The second kappa shape index (κ2) is 6.33. The number of carbonyl (C=O) groups excluding carboxylic acids is 1. The summed E-state index contributed by atoms with van der Waals surface area (Å²) in [5, 5.41) is 12.0. The highest BCUT2D eigenvalue weighted by atomic mass is 16.6. The number of aliphatic carboxylic acids is 1. The van der Waals surface area contributed by atoms with Gasteiger partial charge in [0.2, 0.25) is 0 Å². The third-order valence-corrected chi connectivity index (χ3v) is 3.55. The lowest BCUT2D eigenvalue weighted by Gasteiger charge is -2.19. The smallest absolute Gasteiger partial charge is 0.408 e. The van der Waals surface area contributed by atoms with Crippen molar-refractivity contribution in [2.75, 3.05) is 6.54 Å². The zero-order valence-electron chi connectivity index (χ0n) is 13.6. The van der Waals surface area contributed by atoms with E-state index < -0.39 is 23.1 Å². The molecule has 1 aromatic carbocycles. The number of ether oxygens (including phenoxy) is 1. The molecule has 1 fully saturated rings. The average Bonchev–Trinajstić information content (AvgIpc) is 3.24. The first-order valence-corrected chi connectivity index (χ1v) is 7.53. The number of hydrogen-bond acceptors (Lipinski definition) is 3. The van der Waals surface area contributed by atoms with E-state index in [1.807, 2.05) is 18.2 Å². The fourth-order valence-electron chi connectivity index (χ4n) is 2.30. The van der Waals surface area contributed by atoms with Crippen molar-refractivity contribution in [3.05, 3.63) is 35.4 Å². The number of nitrogens with one attached hydrogen (secondary N) is 1. The van der Waals surface area contributed by atoms with Crippen LogP contribution in [0.4, 0.5) is 4.79 Å². The molecule has 2 rings (SSSR count). The highest BCUT2D eigenvalue weighted by Gasteiger charge is 2.52. The summed E-state index contributed by atoms with van der Waals surface area (Å²) in [6.45, 7) is 5.50. The van der Waals surface area contributed by atoms with E-state index in [1.54, 1.807) is 26.8 Å². The van der Waals surface area contributed by atoms with Crippen LogP contribution in [0.3, 0.4) is 0 Å². The maximum atomic E-state index is 11.5. The number of rotatable bonds is 3. The van der Waals surface area contributed by atoms with Gasteiger partial charge < -0.3 is 15.2 Å². The van der Waals surface area contributed by atoms with E-state index >= 15 is 0 Å². The third-order valence-electron chi connectivity index (χ3n) is 3.55. The van der Waals surface area contributed by atoms with Crippen molar-refractivity contribution >= 4 is 12.1 Å². The normalized spacial score (nSPS) is 15.1. The summed E-state index contributed by atoms with van der Waals surface area (Å²) in [5.41, 5.74) is 0.101. The van der Waals surface area contributed by atoms with E-state index in [4.69, 9.17) is 4.74 Å². The molecule has 0 spiro atoms. The molecule has 0 atom stereocenters. The summed E-state index contributed by atoms with van der Waals surface area (Å²) in [6, 6.07) is 7.26. The Labute approximate surface area is 136 Å². The fraction of sp³-hybridized carbons (Fsp3) is 0.444. The van der Waals surface area contributed by atoms with Gasteiger partial charge in [-0.05, 0) is 45.2 Å². The van der Waals surface area contributed by atoms with Crippen LogP contribution >= 0.6 is 0 Å². The van der Waals surface area contributed by atoms with Crippen LogP contribution in [0.5, 0.6) is 0 Å². The maximum Gasteiger partial charge on any atom is 0.408 e. The number of alkyl carbamates (subject to hydrolysis) is 1. The minimum atomic E-state index is -0.807. The molecular weight excluding hydrogens is 294 g/mol. The number of benzene rings is 1. The molecule has 1 aliphatic carbocycles.